The predicted octanol–water partition coefficient (Wildman–Crippen LogP) is 6.27. The number of Topliss-reactive ketones (excluding diaryl/α,β-unsaturated/α-hetero) is 1. The maximum absolute atomic E-state index is 13.3. The number of furan rings is 1. The lowest BCUT2D eigenvalue weighted by Gasteiger charge is -2.22. The smallest absolute Gasteiger partial charge is 0.410 e. The van der Waals surface area contributed by atoms with Gasteiger partial charge in [-0.15, -0.1) is 0 Å². The molecule has 0 saturated heterocycles. The van der Waals surface area contributed by atoms with Crippen LogP contribution in [0.4, 0.5) is 4.79 Å². The summed E-state index contributed by atoms with van der Waals surface area (Å²) in [6.45, 7) is 7.47. The molecule has 0 fully saturated rings. The summed E-state index contributed by atoms with van der Waals surface area (Å²) in [5.74, 6) is -0.110. The molecule has 0 aliphatic rings. The van der Waals surface area contributed by atoms with Crippen LogP contribution in [-0.4, -0.2) is 24.1 Å². The summed E-state index contributed by atoms with van der Waals surface area (Å²) in [5, 5.41) is 13.0. The van der Waals surface area contributed by atoms with Gasteiger partial charge in [0.1, 0.15) is 22.8 Å². The van der Waals surface area contributed by atoms with Crippen LogP contribution >= 0.6 is 0 Å². The van der Waals surface area contributed by atoms with Crippen molar-refractivity contribution in [2.24, 2.45) is 5.41 Å². The Bertz CT molecular complexity index is 1090. The van der Waals surface area contributed by atoms with Crippen LogP contribution in [-0.2, 0) is 17.6 Å². The number of methoxy groups -OCH3 is 1. The maximum Gasteiger partial charge on any atom is 0.410 e. The molecule has 8 nitrogen and oxygen atoms in total. The van der Waals surface area contributed by atoms with Gasteiger partial charge in [-0.25, -0.2) is 9.59 Å². The van der Waals surface area contributed by atoms with Gasteiger partial charge in [-0.05, 0) is 37.3 Å². The molecule has 0 spiro atoms. The molecule has 2 aromatic heterocycles. The van der Waals surface area contributed by atoms with Gasteiger partial charge in [-0.2, -0.15) is 0 Å². The number of carbonyl (C=O) groups excluding carboxylic acids is 2. The third kappa shape index (κ3) is 8.43. The van der Waals surface area contributed by atoms with Crippen LogP contribution in [0.15, 0.2) is 44.3 Å². The Morgan fingerprint density at radius 2 is 1.97 bits per heavy atom. The number of carbonyl (C=O) groups is 2. The van der Waals surface area contributed by atoms with Crippen molar-refractivity contribution in [1.82, 2.24) is 5.32 Å². The van der Waals surface area contributed by atoms with Gasteiger partial charge in [0.05, 0.1) is 13.4 Å². The quantitative estimate of drug-likeness (QED) is 0.231. The Hall–Kier alpha value is -3.29. The van der Waals surface area contributed by atoms with Crippen molar-refractivity contribution >= 4 is 11.9 Å². The van der Waals surface area contributed by atoms with E-state index in [1.165, 1.54) is 38.6 Å². The van der Waals surface area contributed by atoms with Crippen molar-refractivity contribution in [3.05, 3.63) is 63.7 Å². The number of ketones is 1. The Kier molecular flexibility index (Phi) is 11.0. The van der Waals surface area contributed by atoms with Crippen molar-refractivity contribution in [3.63, 3.8) is 0 Å². The minimum absolute atomic E-state index is 0.192. The molecule has 36 heavy (non-hydrogen) atoms. The first-order valence-corrected chi connectivity index (χ1v) is 12.6. The molecule has 1 amide bonds. The van der Waals surface area contributed by atoms with Gasteiger partial charge in [0, 0.05) is 30.0 Å². The largest absolute Gasteiger partial charge is 0.507 e. The van der Waals surface area contributed by atoms with Crippen molar-refractivity contribution in [2.75, 3.05) is 7.11 Å². The normalized spacial score (nSPS) is 12.6. The zero-order valence-electron chi connectivity index (χ0n) is 22.0. The number of nitrogens with one attached hydrogen (secondary N) is 1. The fraction of sp³-hybridized carbons (Fsp3) is 0.536. The van der Waals surface area contributed by atoms with Crippen LogP contribution in [0.25, 0.3) is 0 Å². The molecule has 2 N–H and O–H groups in total. The zero-order valence-corrected chi connectivity index (χ0v) is 22.0. The second-order valence-electron chi connectivity index (χ2n) is 9.83. The number of amides is 1. The highest BCUT2D eigenvalue weighted by Gasteiger charge is 2.35. The highest BCUT2D eigenvalue weighted by atomic mass is 16.5. The average Bonchev–Trinajstić information content (AvgIpc) is 3.27. The van der Waals surface area contributed by atoms with Crippen LogP contribution in [0.2, 0.25) is 0 Å². The number of ether oxygens (including phenoxy) is 1. The summed E-state index contributed by atoms with van der Waals surface area (Å²) < 4.78 is 15.6. The second-order valence-corrected chi connectivity index (χ2v) is 9.83. The number of unbranched alkanes of at least 4 members (excludes halogenated alkanes) is 3. The Morgan fingerprint density at radius 3 is 2.64 bits per heavy atom. The van der Waals surface area contributed by atoms with Crippen LogP contribution in [0.3, 0.4) is 0 Å². The van der Waals surface area contributed by atoms with Gasteiger partial charge in [0.15, 0.2) is 5.78 Å². The van der Waals surface area contributed by atoms with Gasteiger partial charge in [0.25, 0.3) is 0 Å². The fourth-order valence-corrected chi connectivity index (χ4v) is 3.97. The van der Waals surface area contributed by atoms with Gasteiger partial charge < -0.3 is 18.7 Å². The van der Waals surface area contributed by atoms with E-state index in [0.29, 0.717) is 30.8 Å². The minimum atomic E-state index is -0.978. The second kappa shape index (κ2) is 13.7. The third-order valence-corrected chi connectivity index (χ3v) is 6.19. The van der Waals surface area contributed by atoms with E-state index in [4.69, 9.17) is 8.83 Å². The maximum atomic E-state index is 13.3. The van der Waals surface area contributed by atoms with Crippen molar-refractivity contribution in [1.29, 1.82) is 0 Å². The average molecular weight is 502 g/mol. The number of alkyl carbamates (subject to hydrolysis) is 1. The van der Waals surface area contributed by atoms with Gasteiger partial charge in [-0.3, -0.25) is 10.1 Å². The van der Waals surface area contributed by atoms with E-state index < -0.39 is 22.9 Å². The minimum Gasteiger partial charge on any atom is -0.507 e. The van der Waals surface area contributed by atoms with Gasteiger partial charge in [0.2, 0.25) is 0 Å². The van der Waals surface area contributed by atoms with E-state index in [0.717, 1.165) is 18.4 Å². The van der Waals surface area contributed by atoms with E-state index in [1.807, 2.05) is 13.0 Å². The number of aromatic hydroxyl groups is 1. The summed E-state index contributed by atoms with van der Waals surface area (Å²) in [4.78, 5) is 37.0. The number of aryl methyl sites for hydroxylation is 1. The monoisotopic (exact) mass is 501 g/mol. The summed E-state index contributed by atoms with van der Waals surface area (Å²) in [7, 11) is 1.28. The number of hydrogen-bond acceptors (Lipinski definition) is 7. The Morgan fingerprint density at radius 1 is 1.22 bits per heavy atom. The van der Waals surface area contributed by atoms with Crippen molar-refractivity contribution in [2.45, 2.75) is 85.0 Å². The van der Waals surface area contributed by atoms with Crippen molar-refractivity contribution in [3.8, 4) is 5.75 Å². The lowest BCUT2D eigenvalue weighted by atomic mass is 9.80. The van der Waals surface area contributed by atoms with Crippen LogP contribution in [0.5, 0.6) is 5.75 Å². The number of rotatable bonds is 14. The van der Waals surface area contributed by atoms with Gasteiger partial charge >= 0.3 is 11.7 Å². The molecule has 2 rings (SSSR count). The molecule has 0 aliphatic carbocycles. The zero-order chi connectivity index (χ0) is 26.7. The summed E-state index contributed by atoms with van der Waals surface area (Å²) in [5.41, 5.74) is -1.08. The van der Waals surface area contributed by atoms with Gasteiger partial charge in [-0.1, -0.05) is 53.0 Å². The van der Waals surface area contributed by atoms with Crippen molar-refractivity contribution < 1.29 is 28.3 Å². The standard InChI is InChI=1S/C28H39NO7/c1-6-7-8-9-13-20-15-21(35-18-20)17-28(3,4)25(31)24-22(30)16-23(36-26(24)32)19(2)12-10-11-14-29-27(33)34-5/h11,14-16,18-19,30H,6-10,12-13,17H2,1-5H3,(H,29,33)/b14-11+. The predicted molar refractivity (Wildman–Crippen MR) is 137 cm³/mol. The van der Waals surface area contributed by atoms with Crippen LogP contribution < -0.4 is 10.9 Å². The van der Waals surface area contributed by atoms with Crippen LogP contribution in [0, 0.1) is 5.41 Å². The third-order valence-electron chi connectivity index (χ3n) is 6.19. The Labute approximate surface area is 212 Å². The number of allylic oxidation sites excluding steroid dienone is 1. The molecule has 0 bridgehead atoms. The summed E-state index contributed by atoms with van der Waals surface area (Å²) >= 11 is 0. The van der Waals surface area contributed by atoms with E-state index in [2.05, 4.69) is 17.0 Å². The fourth-order valence-electron chi connectivity index (χ4n) is 3.97. The summed E-state index contributed by atoms with van der Waals surface area (Å²) in [6.07, 6.45) is 11.5. The molecule has 0 aliphatic heterocycles. The first-order chi connectivity index (χ1) is 17.1. The molecule has 1 atom stereocenters. The molecule has 0 radical (unpaired) electrons. The topological polar surface area (TPSA) is 119 Å². The van der Waals surface area contributed by atoms with E-state index in [9.17, 15) is 19.5 Å². The molecule has 8 heteroatoms. The highest BCUT2D eigenvalue weighted by Crippen LogP contribution is 2.32. The van der Waals surface area contributed by atoms with E-state index in [-0.39, 0.29) is 17.2 Å². The molecule has 198 valence electrons. The van der Waals surface area contributed by atoms with E-state index in [1.54, 1.807) is 26.2 Å². The lowest BCUT2D eigenvalue weighted by Crippen LogP contribution is -2.31. The molecular formula is C28H39NO7. The highest BCUT2D eigenvalue weighted by molar-refractivity contribution is 6.01. The number of hydrogen-bond donors (Lipinski definition) is 2. The first kappa shape index (κ1) is 28.9. The molecule has 2 aromatic rings. The van der Waals surface area contributed by atoms with E-state index >= 15 is 0 Å². The molecule has 1 unspecified atom stereocenters. The van der Waals surface area contributed by atoms with Crippen LogP contribution in [0.1, 0.15) is 99.6 Å². The molecular weight excluding hydrogens is 462 g/mol. The first-order valence-electron chi connectivity index (χ1n) is 12.6. The molecule has 2 heterocycles. The Balaban J connectivity index is 2.04. The molecule has 0 saturated carbocycles. The summed E-state index contributed by atoms with van der Waals surface area (Å²) in [6, 6.07) is 3.30. The SMILES string of the molecule is CCCCCCc1coc(CC(C)(C)C(=O)c2c(O)cc(C(C)CC/C=C/NC(=O)OC)oc2=O)c1. The lowest BCUT2D eigenvalue weighted by molar-refractivity contribution is 0.0822. The molecule has 0 aromatic carbocycles.